The van der Waals surface area contributed by atoms with Gasteiger partial charge in [0.2, 0.25) is 5.91 Å². The molecule has 0 N–H and O–H groups in total. The highest BCUT2D eigenvalue weighted by molar-refractivity contribution is 5.93. The minimum Gasteiger partial charge on any atom is -0.493 e. The van der Waals surface area contributed by atoms with Gasteiger partial charge in [0.25, 0.3) is 0 Å². The molecule has 0 bridgehead atoms. The van der Waals surface area contributed by atoms with Gasteiger partial charge >= 0.3 is 0 Å². The first-order valence-corrected chi connectivity index (χ1v) is 9.99. The van der Waals surface area contributed by atoms with Gasteiger partial charge in [-0.2, -0.15) is 0 Å². The molecule has 154 valence electrons. The van der Waals surface area contributed by atoms with Crippen molar-refractivity contribution < 1.29 is 23.7 Å². The highest BCUT2D eigenvalue weighted by Gasteiger charge is 2.35. The molecule has 1 aliphatic carbocycles. The summed E-state index contributed by atoms with van der Waals surface area (Å²) >= 11 is 0. The maximum absolute atomic E-state index is 13.1. The molecule has 1 aliphatic heterocycles. The van der Waals surface area contributed by atoms with E-state index in [0.29, 0.717) is 37.1 Å². The first-order chi connectivity index (χ1) is 14.1. The van der Waals surface area contributed by atoms with Crippen molar-refractivity contribution in [2.45, 2.75) is 25.2 Å². The molecule has 1 saturated carbocycles. The van der Waals surface area contributed by atoms with E-state index < -0.39 is 0 Å². The standard InChI is InChI=1S/C23H27NO5/c1-24(17-7-9-19(26-2)21(13-17)27-3)23(25)14-18(15-4-5-15)16-6-8-20-22(12-16)29-11-10-28-20/h6-9,12-13,15,18H,4-5,10-11,14H2,1-3H3. The Balaban J connectivity index is 1.52. The molecule has 0 spiro atoms. The van der Waals surface area contributed by atoms with E-state index in [9.17, 15) is 4.79 Å². The third-order valence-corrected chi connectivity index (χ3v) is 5.71. The average Bonchev–Trinajstić information content (AvgIpc) is 3.61. The van der Waals surface area contributed by atoms with E-state index in [2.05, 4.69) is 6.07 Å². The van der Waals surface area contributed by atoms with E-state index in [1.54, 1.807) is 26.2 Å². The van der Waals surface area contributed by atoms with Gasteiger partial charge in [0, 0.05) is 25.2 Å². The Labute approximate surface area is 171 Å². The molecular weight excluding hydrogens is 370 g/mol. The second-order valence-corrected chi connectivity index (χ2v) is 7.54. The molecule has 0 aromatic heterocycles. The molecule has 0 saturated heterocycles. The Morgan fingerprint density at radius 1 is 1.03 bits per heavy atom. The Bertz CT molecular complexity index is 893. The molecular formula is C23H27NO5. The van der Waals surface area contributed by atoms with Crippen molar-refractivity contribution in [2.24, 2.45) is 5.92 Å². The smallest absolute Gasteiger partial charge is 0.227 e. The first-order valence-electron chi connectivity index (χ1n) is 9.99. The summed E-state index contributed by atoms with van der Waals surface area (Å²) in [5.41, 5.74) is 1.93. The highest BCUT2D eigenvalue weighted by atomic mass is 16.6. The van der Waals surface area contributed by atoms with Crippen LogP contribution < -0.4 is 23.8 Å². The number of carbonyl (C=O) groups excluding carboxylic acids is 1. The van der Waals surface area contributed by atoms with Crippen LogP contribution in [0.5, 0.6) is 23.0 Å². The quantitative estimate of drug-likeness (QED) is 0.706. The van der Waals surface area contributed by atoms with Crippen molar-refractivity contribution in [2.75, 3.05) is 39.4 Å². The van der Waals surface area contributed by atoms with Crippen LogP contribution in [0.3, 0.4) is 0 Å². The van der Waals surface area contributed by atoms with Crippen LogP contribution in [-0.4, -0.2) is 40.4 Å². The topological polar surface area (TPSA) is 57.2 Å². The predicted octanol–water partition coefficient (Wildman–Crippen LogP) is 4.02. The van der Waals surface area contributed by atoms with Gasteiger partial charge in [-0.1, -0.05) is 6.07 Å². The third-order valence-electron chi connectivity index (χ3n) is 5.71. The molecule has 2 aromatic carbocycles. The van der Waals surface area contributed by atoms with Crippen LogP contribution in [0.25, 0.3) is 0 Å². The fourth-order valence-electron chi connectivity index (χ4n) is 3.85. The zero-order valence-electron chi connectivity index (χ0n) is 17.1. The fourth-order valence-corrected chi connectivity index (χ4v) is 3.85. The normalized spacial score (nSPS) is 16.1. The van der Waals surface area contributed by atoms with E-state index in [4.69, 9.17) is 18.9 Å². The minimum atomic E-state index is 0.0732. The highest BCUT2D eigenvalue weighted by Crippen LogP contribution is 2.46. The lowest BCUT2D eigenvalue weighted by Crippen LogP contribution is -2.28. The van der Waals surface area contributed by atoms with Gasteiger partial charge in [-0.15, -0.1) is 0 Å². The molecule has 29 heavy (non-hydrogen) atoms. The second-order valence-electron chi connectivity index (χ2n) is 7.54. The van der Waals surface area contributed by atoms with Crippen molar-refractivity contribution in [3.05, 3.63) is 42.0 Å². The Kier molecular flexibility index (Phi) is 5.51. The van der Waals surface area contributed by atoms with Crippen molar-refractivity contribution in [1.29, 1.82) is 0 Å². The number of hydrogen-bond donors (Lipinski definition) is 0. The number of anilines is 1. The average molecular weight is 397 g/mol. The monoisotopic (exact) mass is 397 g/mol. The number of rotatable bonds is 7. The number of hydrogen-bond acceptors (Lipinski definition) is 5. The lowest BCUT2D eigenvalue weighted by molar-refractivity contribution is -0.118. The zero-order chi connectivity index (χ0) is 20.4. The number of methoxy groups -OCH3 is 2. The molecule has 6 nitrogen and oxygen atoms in total. The van der Waals surface area contributed by atoms with Crippen LogP contribution in [0.15, 0.2) is 36.4 Å². The van der Waals surface area contributed by atoms with Crippen molar-refractivity contribution in [1.82, 2.24) is 0 Å². The Morgan fingerprint density at radius 3 is 2.45 bits per heavy atom. The fraction of sp³-hybridized carbons (Fsp3) is 0.435. The Hall–Kier alpha value is -2.89. The molecule has 4 rings (SSSR count). The summed E-state index contributed by atoms with van der Waals surface area (Å²) in [4.78, 5) is 14.8. The summed E-state index contributed by atoms with van der Waals surface area (Å²) in [7, 11) is 4.99. The van der Waals surface area contributed by atoms with Gasteiger partial charge in [0.15, 0.2) is 23.0 Å². The number of nitrogens with zero attached hydrogens (tertiary/aromatic N) is 1. The number of ether oxygens (including phenoxy) is 4. The molecule has 2 aromatic rings. The van der Waals surface area contributed by atoms with Gasteiger partial charge in [-0.25, -0.2) is 0 Å². The van der Waals surface area contributed by atoms with Crippen LogP contribution in [-0.2, 0) is 4.79 Å². The van der Waals surface area contributed by atoms with Gasteiger partial charge < -0.3 is 23.8 Å². The maximum Gasteiger partial charge on any atom is 0.227 e. The SMILES string of the molecule is COc1ccc(N(C)C(=O)CC(c2ccc3c(c2)OCCO3)C2CC2)cc1OC. The van der Waals surface area contributed by atoms with Gasteiger partial charge in [0.1, 0.15) is 13.2 Å². The van der Waals surface area contributed by atoms with Crippen molar-refractivity contribution in [3.8, 4) is 23.0 Å². The summed E-state index contributed by atoms with van der Waals surface area (Å²) in [5.74, 6) is 3.60. The van der Waals surface area contributed by atoms with Gasteiger partial charge in [0.05, 0.1) is 14.2 Å². The third kappa shape index (κ3) is 4.11. The number of amides is 1. The van der Waals surface area contributed by atoms with Gasteiger partial charge in [-0.05, 0) is 54.5 Å². The van der Waals surface area contributed by atoms with E-state index in [-0.39, 0.29) is 11.8 Å². The van der Waals surface area contributed by atoms with Gasteiger partial charge in [-0.3, -0.25) is 4.79 Å². The van der Waals surface area contributed by atoms with E-state index >= 15 is 0 Å². The summed E-state index contributed by atoms with van der Waals surface area (Å²) in [5, 5.41) is 0. The number of fused-ring (bicyclic) bond motifs is 1. The molecule has 1 unspecified atom stereocenters. The van der Waals surface area contributed by atoms with Crippen molar-refractivity contribution >= 4 is 11.6 Å². The number of benzene rings is 2. The second kappa shape index (κ2) is 8.23. The van der Waals surface area contributed by atoms with Crippen LogP contribution in [0.2, 0.25) is 0 Å². The molecule has 1 fully saturated rings. The summed E-state index contributed by atoms with van der Waals surface area (Å²) in [6.07, 6.45) is 2.77. The molecule has 1 amide bonds. The number of carbonyl (C=O) groups is 1. The van der Waals surface area contributed by atoms with Crippen LogP contribution in [0.4, 0.5) is 5.69 Å². The predicted molar refractivity (Wildman–Crippen MR) is 110 cm³/mol. The zero-order valence-corrected chi connectivity index (χ0v) is 17.1. The maximum atomic E-state index is 13.1. The lowest BCUT2D eigenvalue weighted by atomic mass is 9.90. The van der Waals surface area contributed by atoms with E-state index in [1.807, 2.05) is 30.3 Å². The van der Waals surface area contributed by atoms with E-state index in [0.717, 1.165) is 35.6 Å². The summed E-state index contributed by atoms with van der Waals surface area (Å²) in [6, 6.07) is 11.6. The van der Waals surface area contributed by atoms with Crippen LogP contribution in [0, 0.1) is 5.92 Å². The summed E-state index contributed by atoms with van der Waals surface area (Å²) in [6.45, 7) is 1.14. The largest absolute Gasteiger partial charge is 0.493 e. The molecule has 1 heterocycles. The molecule has 1 atom stereocenters. The lowest BCUT2D eigenvalue weighted by Gasteiger charge is -2.24. The van der Waals surface area contributed by atoms with E-state index in [1.165, 1.54) is 0 Å². The molecule has 6 heteroatoms. The minimum absolute atomic E-state index is 0.0732. The van der Waals surface area contributed by atoms with Crippen LogP contribution in [0.1, 0.15) is 30.7 Å². The first kappa shape index (κ1) is 19.4. The van der Waals surface area contributed by atoms with Crippen LogP contribution >= 0.6 is 0 Å². The van der Waals surface area contributed by atoms with Crippen molar-refractivity contribution in [3.63, 3.8) is 0 Å². The summed E-state index contributed by atoms with van der Waals surface area (Å²) < 4.78 is 22.0. The molecule has 2 aliphatic rings. The Morgan fingerprint density at radius 2 is 1.76 bits per heavy atom. The molecule has 0 radical (unpaired) electrons.